The van der Waals surface area contributed by atoms with Crippen LogP contribution in [0.25, 0.3) is 10.9 Å². The molecule has 0 unspecified atom stereocenters. The fraction of sp³-hybridized carbons (Fsp3) is 0. The molecule has 0 aliphatic rings. The molecule has 21 heavy (non-hydrogen) atoms. The summed E-state index contributed by atoms with van der Waals surface area (Å²) in [6.07, 6.45) is 1.73. The number of rotatable bonds is 3. The summed E-state index contributed by atoms with van der Waals surface area (Å²) in [6.45, 7) is 0. The highest BCUT2D eigenvalue weighted by molar-refractivity contribution is 5.99. The Kier molecular flexibility index (Phi) is 3.39. The van der Waals surface area contributed by atoms with Crippen LogP contribution >= 0.6 is 0 Å². The molecule has 0 aliphatic carbocycles. The molecule has 0 radical (unpaired) electrons. The van der Waals surface area contributed by atoms with E-state index >= 15 is 0 Å². The molecule has 3 N–H and O–H groups in total. The maximum absolute atomic E-state index is 8.85. The second-order valence-electron chi connectivity index (χ2n) is 4.41. The standard InChI is InChI=1S/C16H13N3O2/c17-16(19-20)12-5-1-2-8-15(12)21-14-9-3-7-13-11(14)6-4-10-18-13/h1-10,20H,(H2,17,19). The molecule has 5 nitrogen and oxygen atoms in total. The summed E-state index contributed by atoms with van der Waals surface area (Å²) in [5, 5.41) is 12.8. The maximum atomic E-state index is 8.85. The van der Waals surface area contributed by atoms with Crippen molar-refractivity contribution in [2.45, 2.75) is 0 Å². The highest BCUT2D eigenvalue weighted by Gasteiger charge is 2.10. The Morgan fingerprint density at radius 3 is 2.67 bits per heavy atom. The normalized spacial score (nSPS) is 11.5. The van der Waals surface area contributed by atoms with Crippen LogP contribution in [-0.2, 0) is 0 Å². The molecule has 0 fully saturated rings. The first-order chi connectivity index (χ1) is 10.3. The van der Waals surface area contributed by atoms with Crippen molar-refractivity contribution in [3.8, 4) is 11.5 Å². The fourth-order valence-electron chi connectivity index (χ4n) is 2.10. The van der Waals surface area contributed by atoms with Gasteiger partial charge in [0, 0.05) is 11.6 Å². The minimum absolute atomic E-state index is 0.00367. The van der Waals surface area contributed by atoms with Gasteiger partial charge in [-0.3, -0.25) is 4.98 Å². The minimum atomic E-state index is 0.00367. The largest absolute Gasteiger partial charge is 0.456 e. The van der Waals surface area contributed by atoms with Crippen LogP contribution in [0.3, 0.4) is 0 Å². The average Bonchev–Trinajstić information content (AvgIpc) is 2.55. The lowest BCUT2D eigenvalue weighted by atomic mass is 10.1. The van der Waals surface area contributed by atoms with Crippen molar-refractivity contribution in [3.05, 3.63) is 66.4 Å². The molecule has 1 heterocycles. The van der Waals surface area contributed by atoms with E-state index in [4.69, 9.17) is 15.7 Å². The van der Waals surface area contributed by atoms with Gasteiger partial charge < -0.3 is 15.7 Å². The second kappa shape index (κ2) is 5.50. The van der Waals surface area contributed by atoms with Gasteiger partial charge in [0.25, 0.3) is 0 Å². The number of aromatic nitrogens is 1. The van der Waals surface area contributed by atoms with E-state index in [1.165, 1.54) is 0 Å². The zero-order valence-corrected chi connectivity index (χ0v) is 11.1. The summed E-state index contributed by atoms with van der Waals surface area (Å²) in [7, 11) is 0. The van der Waals surface area contributed by atoms with Crippen molar-refractivity contribution in [2.24, 2.45) is 10.9 Å². The van der Waals surface area contributed by atoms with Crippen molar-refractivity contribution in [1.82, 2.24) is 4.98 Å². The first-order valence-electron chi connectivity index (χ1n) is 6.38. The molecule has 2 aromatic carbocycles. The summed E-state index contributed by atoms with van der Waals surface area (Å²) in [4.78, 5) is 4.29. The van der Waals surface area contributed by atoms with Crippen LogP contribution in [0.4, 0.5) is 0 Å². The van der Waals surface area contributed by atoms with Gasteiger partial charge in [-0.2, -0.15) is 0 Å². The fourth-order valence-corrected chi connectivity index (χ4v) is 2.10. The van der Waals surface area contributed by atoms with E-state index in [9.17, 15) is 0 Å². The molecule has 3 aromatic rings. The number of pyridine rings is 1. The molecule has 104 valence electrons. The molecule has 0 amide bonds. The van der Waals surface area contributed by atoms with Crippen LogP contribution < -0.4 is 10.5 Å². The Bertz CT molecular complexity index is 810. The lowest BCUT2D eigenvalue weighted by molar-refractivity contribution is 0.318. The summed E-state index contributed by atoms with van der Waals surface area (Å²) >= 11 is 0. The van der Waals surface area contributed by atoms with E-state index in [0.29, 0.717) is 17.1 Å². The quantitative estimate of drug-likeness (QED) is 0.334. The van der Waals surface area contributed by atoms with E-state index in [1.54, 1.807) is 24.4 Å². The number of amidine groups is 1. The van der Waals surface area contributed by atoms with E-state index in [-0.39, 0.29) is 5.84 Å². The molecular formula is C16H13N3O2. The monoisotopic (exact) mass is 279 g/mol. The van der Waals surface area contributed by atoms with Gasteiger partial charge in [-0.15, -0.1) is 0 Å². The number of ether oxygens (including phenoxy) is 1. The Labute approximate surface area is 121 Å². The molecule has 0 spiro atoms. The van der Waals surface area contributed by atoms with Gasteiger partial charge in [0.05, 0.1) is 11.1 Å². The van der Waals surface area contributed by atoms with Crippen LogP contribution in [0.15, 0.2) is 65.9 Å². The number of para-hydroxylation sites is 1. The number of fused-ring (bicyclic) bond motifs is 1. The van der Waals surface area contributed by atoms with E-state index in [2.05, 4.69) is 10.1 Å². The van der Waals surface area contributed by atoms with Crippen molar-refractivity contribution < 1.29 is 9.94 Å². The number of hydrogen-bond acceptors (Lipinski definition) is 4. The molecule has 0 saturated heterocycles. The molecule has 0 atom stereocenters. The number of oxime groups is 1. The molecule has 5 heteroatoms. The van der Waals surface area contributed by atoms with Gasteiger partial charge in [-0.1, -0.05) is 23.4 Å². The lowest BCUT2D eigenvalue weighted by Crippen LogP contribution is -2.14. The number of hydrogen-bond donors (Lipinski definition) is 2. The number of benzene rings is 2. The van der Waals surface area contributed by atoms with E-state index in [0.717, 1.165) is 10.9 Å². The zero-order chi connectivity index (χ0) is 14.7. The Balaban J connectivity index is 2.08. The zero-order valence-electron chi connectivity index (χ0n) is 11.1. The molecular weight excluding hydrogens is 266 g/mol. The second-order valence-corrected chi connectivity index (χ2v) is 4.41. The SMILES string of the molecule is N/C(=N/O)c1ccccc1Oc1cccc2ncccc12. The maximum Gasteiger partial charge on any atom is 0.173 e. The Morgan fingerprint density at radius 2 is 1.81 bits per heavy atom. The van der Waals surface area contributed by atoms with Gasteiger partial charge in [-0.05, 0) is 36.4 Å². The van der Waals surface area contributed by atoms with Crippen molar-refractivity contribution in [1.29, 1.82) is 0 Å². The third-order valence-corrected chi connectivity index (χ3v) is 3.10. The predicted octanol–water partition coefficient (Wildman–Crippen LogP) is 3.12. The average molecular weight is 279 g/mol. The summed E-state index contributed by atoms with van der Waals surface area (Å²) in [5.41, 5.74) is 7.04. The van der Waals surface area contributed by atoms with Gasteiger partial charge in [-0.25, -0.2) is 0 Å². The topological polar surface area (TPSA) is 80.7 Å². The van der Waals surface area contributed by atoms with Crippen LogP contribution in [-0.4, -0.2) is 16.0 Å². The highest BCUT2D eigenvalue weighted by Crippen LogP contribution is 2.30. The van der Waals surface area contributed by atoms with Gasteiger partial charge in [0.2, 0.25) is 0 Å². The van der Waals surface area contributed by atoms with Gasteiger partial charge in [0.1, 0.15) is 11.5 Å². The van der Waals surface area contributed by atoms with Crippen LogP contribution in [0, 0.1) is 0 Å². The Morgan fingerprint density at radius 1 is 1.00 bits per heavy atom. The smallest absolute Gasteiger partial charge is 0.173 e. The van der Waals surface area contributed by atoms with Crippen molar-refractivity contribution >= 4 is 16.7 Å². The van der Waals surface area contributed by atoms with Gasteiger partial charge in [0.15, 0.2) is 5.84 Å². The van der Waals surface area contributed by atoms with Crippen LogP contribution in [0.5, 0.6) is 11.5 Å². The minimum Gasteiger partial charge on any atom is -0.456 e. The highest BCUT2D eigenvalue weighted by atomic mass is 16.5. The van der Waals surface area contributed by atoms with E-state index in [1.807, 2.05) is 36.4 Å². The Hall–Kier alpha value is -3.08. The molecule has 1 aromatic heterocycles. The molecule has 0 saturated carbocycles. The number of nitrogens with zero attached hydrogens (tertiary/aromatic N) is 2. The van der Waals surface area contributed by atoms with Gasteiger partial charge >= 0.3 is 0 Å². The van der Waals surface area contributed by atoms with Crippen molar-refractivity contribution in [2.75, 3.05) is 0 Å². The third kappa shape index (κ3) is 2.49. The molecule has 0 aliphatic heterocycles. The van der Waals surface area contributed by atoms with Crippen LogP contribution in [0.2, 0.25) is 0 Å². The van der Waals surface area contributed by atoms with Crippen molar-refractivity contribution in [3.63, 3.8) is 0 Å². The number of nitrogens with two attached hydrogens (primary N) is 1. The molecule has 0 bridgehead atoms. The summed E-state index contributed by atoms with van der Waals surface area (Å²) < 4.78 is 5.93. The first kappa shape index (κ1) is 12.9. The van der Waals surface area contributed by atoms with Crippen LogP contribution in [0.1, 0.15) is 5.56 Å². The summed E-state index contributed by atoms with van der Waals surface area (Å²) in [5.74, 6) is 1.19. The summed E-state index contributed by atoms with van der Waals surface area (Å²) in [6, 6.07) is 16.5. The third-order valence-electron chi connectivity index (χ3n) is 3.10. The molecule has 3 rings (SSSR count). The van der Waals surface area contributed by atoms with E-state index < -0.39 is 0 Å². The first-order valence-corrected chi connectivity index (χ1v) is 6.38. The lowest BCUT2D eigenvalue weighted by Gasteiger charge is -2.11. The predicted molar refractivity (Wildman–Crippen MR) is 80.8 cm³/mol.